The summed E-state index contributed by atoms with van der Waals surface area (Å²) in [5.74, 6) is 0. The molecule has 0 saturated carbocycles. The minimum atomic E-state index is 0.424. The second-order valence-electron chi connectivity index (χ2n) is 4.96. The molecule has 1 aliphatic rings. The number of benzene rings is 1. The molecule has 3 nitrogen and oxygen atoms in total. The molecule has 0 spiro atoms. The summed E-state index contributed by atoms with van der Waals surface area (Å²) >= 11 is 0. The van der Waals surface area contributed by atoms with Crippen LogP contribution in [-0.4, -0.2) is 32.2 Å². The quantitative estimate of drug-likeness (QED) is 0.848. The number of rotatable bonds is 4. The first-order valence-electron chi connectivity index (χ1n) is 7.09. The Morgan fingerprint density at radius 3 is 2.50 bits per heavy atom. The predicted octanol–water partition coefficient (Wildman–Crippen LogP) is 1.55. The molecule has 0 bridgehead atoms. The van der Waals surface area contributed by atoms with E-state index in [2.05, 4.69) is 42.3 Å². The van der Waals surface area contributed by atoms with Crippen molar-refractivity contribution >= 4 is 5.69 Å². The van der Waals surface area contributed by atoms with E-state index in [0.717, 1.165) is 32.5 Å². The van der Waals surface area contributed by atoms with Gasteiger partial charge in [0.15, 0.2) is 0 Å². The molecule has 0 aliphatic carbocycles. The van der Waals surface area contributed by atoms with Gasteiger partial charge in [0.1, 0.15) is 0 Å². The summed E-state index contributed by atoms with van der Waals surface area (Å²) in [6, 6.07) is 7.12. The molecule has 2 rings (SSSR count). The molecule has 100 valence electrons. The van der Waals surface area contributed by atoms with E-state index in [4.69, 9.17) is 5.73 Å². The van der Waals surface area contributed by atoms with Gasteiger partial charge in [-0.25, -0.2) is 0 Å². The van der Waals surface area contributed by atoms with Crippen molar-refractivity contribution in [3.8, 4) is 0 Å². The summed E-state index contributed by atoms with van der Waals surface area (Å²) < 4.78 is 0. The Labute approximate surface area is 110 Å². The Morgan fingerprint density at radius 2 is 1.94 bits per heavy atom. The maximum Gasteiger partial charge on any atom is 0.0432 e. The monoisotopic (exact) mass is 247 g/mol. The van der Waals surface area contributed by atoms with Gasteiger partial charge in [-0.15, -0.1) is 0 Å². The van der Waals surface area contributed by atoms with Crippen molar-refractivity contribution in [1.29, 1.82) is 0 Å². The fraction of sp³-hybridized carbons (Fsp3) is 0.600. The lowest BCUT2D eigenvalue weighted by molar-refractivity contribution is 0.462. The third-order valence-corrected chi connectivity index (χ3v) is 3.82. The zero-order chi connectivity index (χ0) is 13.0. The molecule has 18 heavy (non-hydrogen) atoms. The first-order chi connectivity index (χ1) is 8.80. The van der Waals surface area contributed by atoms with Crippen LogP contribution in [-0.2, 0) is 12.8 Å². The molecule has 1 aromatic rings. The number of nitrogens with two attached hydrogens (primary N) is 1. The SMILES string of the molecule is CCc1cccc(CC)c1N1CCNC(CN)C1. The average Bonchev–Trinajstić information content (AvgIpc) is 2.46. The summed E-state index contributed by atoms with van der Waals surface area (Å²) in [6.07, 6.45) is 2.20. The molecular weight excluding hydrogens is 222 g/mol. The molecule has 0 aromatic heterocycles. The van der Waals surface area contributed by atoms with Crippen LogP contribution >= 0.6 is 0 Å². The van der Waals surface area contributed by atoms with Crippen LogP contribution < -0.4 is 16.0 Å². The average molecular weight is 247 g/mol. The third kappa shape index (κ3) is 2.68. The Hall–Kier alpha value is -1.06. The topological polar surface area (TPSA) is 41.3 Å². The van der Waals surface area contributed by atoms with Gasteiger partial charge in [-0.2, -0.15) is 0 Å². The lowest BCUT2D eigenvalue weighted by Crippen LogP contribution is -2.54. The number of hydrogen-bond acceptors (Lipinski definition) is 3. The van der Waals surface area contributed by atoms with E-state index < -0.39 is 0 Å². The first-order valence-corrected chi connectivity index (χ1v) is 7.09. The highest BCUT2D eigenvalue weighted by Crippen LogP contribution is 2.27. The van der Waals surface area contributed by atoms with Crippen molar-refractivity contribution < 1.29 is 0 Å². The Bertz CT molecular complexity index is 367. The van der Waals surface area contributed by atoms with Gasteiger partial charge in [0.25, 0.3) is 0 Å². The molecule has 3 heteroatoms. The van der Waals surface area contributed by atoms with Crippen LogP contribution in [0.2, 0.25) is 0 Å². The van der Waals surface area contributed by atoms with Crippen molar-refractivity contribution in [2.24, 2.45) is 5.73 Å². The number of aryl methyl sites for hydroxylation is 2. The summed E-state index contributed by atoms with van der Waals surface area (Å²) in [6.45, 7) is 8.33. The van der Waals surface area contributed by atoms with E-state index >= 15 is 0 Å². The molecule has 0 amide bonds. The van der Waals surface area contributed by atoms with Gasteiger partial charge < -0.3 is 16.0 Å². The highest BCUT2D eigenvalue weighted by Gasteiger charge is 2.21. The third-order valence-electron chi connectivity index (χ3n) is 3.82. The molecular formula is C15H25N3. The van der Waals surface area contributed by atoms with Crippen molar-refractivity contribution in [3.63, 3.8) is 0 Å². The second-order valence-corrected chi connectivity index (χ2v) is 4.96. The molecule has 3 N–H and O–H groups in total. The zero-order valence-electron chi connectivity index (χ0n) is 11.6. The highest BCUT2D eigenvalue weighted by molar-refractivity contribution is 5.60. The van der Waals surface area contributed by atoms with E-state index in [9.17, 15) is 0 Å². The summed E-state index contributed by atoms with van der Waals surface area (Å²) in [5.41, 5.74) is 10.2. The van der Waals surface area contributed by atoms with Crippen LogP contribution in [0.25, 0.3) is 0 Å². The molecule has 1 atom stereocenters. The minimum Gasteiger partial charge on any atom is -0.368 e. The van der Waals surface area contributed by atoms with Gasteiger partial charge in [0.2, 0.25) is 0 Å². The number of nitrogens with zero attached hydrogens (tertiary/aromatic N) is 1. The second kappa shape index (κ2) is 6.21. The van der Waals surface area contributed by atoms with E-state index in [1.165, 1.54) is 16.8 Å². The molecule has 1 aromatic carbocycles. The van der Waals surface area contributed by atoms with Crippen LogP contribution in [0.5, 0.6) is 0 Å². The number of nitrogens with one attached hydrogen (secondary N) is 1. The van der Waals surface area contributed by atoms with E-state index in [0.29, 0.717) is 12.6 Å². The van der Waals surface area contributed by atoms with Crippen molar-refractivity contribution in [1.82, 2.24) is 5.32 Å². The van der Waals surface area contributed by atoms with Gasteiger partial charge >= 0.3 is 0 Å². The smallest absolute Gasteiger partial charge is 0.0432 e. The van der Waals surface area contributed by atoms with Gasteiger partial charge in [0.05, 0.1) is 0 Å². The predicted molar refractivity (Wildman–Crippen MR) is 78.3 cm³/mol. The van der Waals surface area contributed by atoms with Crippen LogP contribution in [0.15, 0.2) is 18.2 Å². The fourth-order valence-corrected chi connectivity index (χ4v) is 2.81. The molecule has 1 heterocycles. The van der Waals surface area contributed by atoms with Gasteiger partial charge in [-0.05, 0) is 24.0 Å². The van der Waals surface area contributed by atoms with Gasteiger partial charge in [0, 0.05) is 37.9 Å². The Morgan fingerprint density at radius 1 is 1.28 bits per heavy atom. The minimum absolute atomic E-state index is 0.424. The van der Waals surface area contributed by atoms with Crippen molar-refractivity contribution in [2.75, 3.05) is 31.1 Å². The summed E-state index contributed by atoms with van der Waals surface area (Å²) in [4.78, 5) is 2.52. The molecule has 1 aliphatic heterocycles. The van der Waals surface area contributed by atoms with E-state index in [1.807, 2.05) is 0 Å². The highest BCUT2D eigenvalue weighted by atomic mass is 15.2. The number of piperazine rings is 1. The lowest BCUT2D eigenvalue weighted by Gasteiger charge is -2.37. The summed E-state index contributed by atoms with van der Waals surface area (Å²) in [5, 5.41) is 3.48. The normalized spacial score (nSPS) is 20.2. The molecule has 1 saturated heterocycles. The molecule has 0 radical (unpaired) electrons. The largest absolute Gasteiger partial charge is 0.368 e. The number of anilines is 1. The van der Waals surface area contributed by atoms with Crippen molar-refractivity contribution in [3.05, 3.63) is 29.3 Å². The van der Waals surface area contributed by atoms with Crippen LogP contribution in [0, 0.1) is 0 Å². The molecule has 1 fully saturated rings. The standard InChI is InChI=1S/C15H25N3/c1-3-12-6-5-7-13(4-2)15(12)18-9-8-17-14(10-16)11-18/h5-7,14,17H,3-4,8-11,16H2,1-2H3. The maximum absolute atomic E-state index is 5.80. The summed E-state index contributed by atoms with van der Waals surface area (Å²) in [7, 11) is 0. The van der Waals surface area contributed by atoms with E-state index in [-0.39, 0.29) is 0 Å². The van der Waals surface area contributed by atoms with Crippen molar-refractivity contribution in [2.45, 2.75) is 32.7 Å². The number of hydrogen-bond donors (Lipinski definition) is 2. The van der Waals surface area contributed by atoms with Crippen LogP contribution in [0.4, 0.5) is 5.69 Å². The first kappa shape index (κ1) is 13.4. The van der Waals surface area contributed by atoms with E-state index in [1.54, 1.807) is 0 Å². The van der Waals surface area contributed by atoms with Gasteiger partial charge in [-0.3, -0.25) is 0 Å². The zero-order valence-corrected chi connectivity index (χ0v) is 11.6. The van der Waals surface area contributed by atoms with Gasteiger partial charge in [-0.1, -0.05) is 32.0 Å². The number of para-hydroxylation sites is 1. The Balaban J connectivity index is 2.30. The fourth-order valence-electron chi connectivity index (χ4n) is 2.81. The van der Waals surface area contributed by atoms with Crippen LogP contribution in [0.1, 0.15) is 25.0 Å². The van der Waals surface area contributed by atoms with Crippen LogP contribution in [0.3, 0.4) is 0 Å². The molecule has 1 unspecified atom stereocenters. The maximum atomic E-state index is 5.80. The Kier molecular flexibility index (Phi) is 4.61. The lowest BCUT2D eigenvalue weighted by atomic mass is 10.0.